The minimum absolute atomic E-state index is 0.0745. The molecule has 374 valence electrons. The number of hydrogen-bond donors (Lipinski definition) is 0. The van der Waals surface area contributed by atoms with Crippen molar-refractivity contribution in [3.05, 3.63) is 36.5 Å². The summed E-state index contributed by atoms with van der Waals surface area (Å²) in [4.78, 5) is 38.1. The molecular weight excluding hydrogens is 793 g/mol. The highest BCUT2D eigenvalue weighted by Crippen LogP contribution is 2.17. The van der Waals surface area contributed by atoms with Crippen molar-refractivity contribution >= 4 is 17.9 Å². The summed E-state index contributed by atoms with van der Waals surface area (Å²) in [5.41, 5.74) is 0. The topological polar surface area (TPSA) is 78.9 Å². The van der Waals surface area contributed by atoms with E-state index in [4.69, 9.17) is 14.2 Å². The summed E-state index contributed by atoms with van der Waals surface area (Å²) in [5, 5.41) is 0. The van der Waals surface area contributed by atoms with Crippen molar-refractivity contribution < 1.29 is 28.6 Å². The molecule has 0 amide bonds. The summed E-state index contributed by atoms with van der Waals surface area (Å²) in [6.07, 6.45) is 62.7. The van der Waals surface area contributed by atoms with E-state index in [1.54, 1.807) is 0 Å². The Morgan fingerprint density at radius 2 is 0.609 bits per heavy atom. The Balaban J connectivity index is 4.35. The van der Waals surface area contributed by atoms with Crippen molar-refractivity contribution in [1.82, 2.24) is 0 Å². The molecule has 0 rings (SSSR count). The number of unbranched alkanes of at least 4 members (excludes halogenated alkanes) is 34. The normalized spacial score (nSPS) is 12.2. The van der Waals surface area contributed by atoms with E-state index in [1.165, 1.54) is 161 Å². The predicted molar refractivity (Wildman–Crippen MR) is 275 cm³/mol. The molecule has 0 aliphatic carbocycles. The van der Waals surface area contributed by atoms with E-state index in [0.29, 0.717) is 19.3 Å². The zero-order valence-corrected chi connectivity index (χ0v) is 42.8. The van der Waals surface area contributed by atoms with E-state index in [0.717, 1.165) is 96.3 Å². The van der Waals surface area contributed by atoms with Crippen molar-refractivity contribution in [3.63, 3.8) is 0 Å². The minimum atomic E-state index is -0.776. The van der Waals surface area contributed by atoms with Crippen LogP contribution in [0, 0.1) is 0 Å². The van der Waals surface area contributed by atoms with Gasteiger partial charge in [-0.3, -0.25) is 14.4 Å². The van der Waals surface area contributed by atoms with Crippen molar-refractivity contribution in [3.8, 4) is 0 Å². The van der Waals surface area contributed by atoms with Crippen LogP contribution in [0.4, 0.5) is 0 Å². The highest BCUT2D eigenvalue weighted by molar-refractivity contribution is 5.71. The van der Waals surface area contributed by atoms with Crippen molar-refractivity contribution in [2.45, 2.75) is 303 Å². The first-order chi connectivity index (χ1) is 31.5. The van der Waals surface area contributed by atoms with Gasteiger partial charge in [0, 0.05) is 19.3 Å². The van der Waals surface area contributed by atoms with E-state index in [9.17, 15) is 14.4 Å². The zero-order valence-electron chi connectivity index (χ0n) is 42.8. The number of ether oxygens (including phenoxy) is 3. The Morgan fingerprint density at radius 3 is 0.953 bits per heavy atom. The largest absolute Gasteiger partial charge is 0.462 e. The molecule has 0 bridgehead atoms. The second kappa shape index (κ2) is 53.2. The maximum absolute atomic E-state index is 12.8. The Bertz CT molecular complexity index is 1080. The average Bonchev–Trinajstić information content (AvgIpc) is 3.29. The fourth-order valence-corrected chi connectivity index (χ4v) is 8.22. The fraction of sp³-hybridized carbons (Fsp3) is 0.845. The van der Waals surface area contributed by atoms with Crippen LogP contribution in [-0.2, 0) is 28.6 Å². The third-order valence-electron chi connectivity index (χ3n) is 12.4. The van der Waals surface area contributed by atoms with Gasteiger partial charge < -0.3 is 14.2 Å². The molecule has 0 aromatic heterocycles. The van der Waals surface area contributed by atoms with Crippen LogP contribution in [0.1, 0.15) is 297 Å². The Kier molecular flexibility index (Phi) is 51.3. The zero-order chi connectivity index (χ0) is 46.5. The lowest BCUT2D eigenvalue weighted by Crippen LogP contribution is -2.30. The van der Waals surface area contributed by atoms with Gasteiger partial charge in [-0.25, -0.2) is 0 Å². The number of rotatable bonds is 51. The van der Waals surface area contributed by atoms with E-state index >= 15 is 0 Å². The number of allylic oxidation sites excluding steroid dienone is 6. The van der Waals surface area contributed by atoms with Gasteiger partial charge in [0.15, 0.2) is 6.10 Å². The molecule has 0 heterocycles. The molecule has 0 saturated heterocycles. The summed E-state index contributed by atoms with van der Waals surface area (Å²) in [6, 6.07) is 0. The molecule has 0 unspecified atom stereocenters. The van der Waals surface area contributed by atoms with E-state index in [1.807, 2.05) is 0 Å². The molecule has 6 nitrogen and oxygen atoms in total. The predicted octanol–water partition coefficient (Wildman–Crippen LogP) is 18.5. The summed E-state index contributed by atoms with van der Waals surface area (Å²) in [6.45, 7) is 6.55. The van der Waals surface area contributed by atoms with Gasteiger partial charge in [-0.2, -0.15) is 0 Å². The Morgan fingerprint density at radius 1 is 0.328 bits per heavy atom. The standard InChI is InChI=1S/C58H106O6/c1-4-7-10-13-16-19-22-25-28-29-31-33-36-39-42-45-48-51-57(60)63-54-55(53-62-56(59)50-47-44-41-38-35-32-27-24-21-18-15-12-9-6-3)64-58(61)52-49-46-43-40-37-34-30-26-23-20-17-14-11-8-5-2/h8,11,17,20,26,30,55H,4-7,9-10,12-16,18-19,21-25,27-29,31-54H2,1-3H3/b11-8+,20-17+,30-26+/t55-/m1/s1. The summed E-state index contributed by atoms with van der Waals surface area (Å²) < 4.78 is 16.8. The molecule has 1 atom stereocenters. The van der Waals surface area contributed by atoms with Crippen LogP contribution in [-0.4, -0.2) is 37.2 Å². The highest BCUT2D eigenvalue weighted by atomic mass is 16.6. The number of esters is 3. The molecular formula is C58H106O6. The van der Waals surface area contributed by atoms with Gasteiger partial charge in [-0.1, -0.05) is 263 Å². The monoisotopic (exact) mass is 899 g/mol. The number of hydrogen-bond acceptors (Lipinski definition) is 6. The van der Waals surface area contributed by atoms with Gasteiger partial charge >= 0.3 is 17.9 Å². The Hall–Kier alpha value is -2.37. The molecule has 0 radical (unpaired) electrons. The first-order valence-electron chi connectivity index (χ1n) is 28.0. The summed E-state index contributed by atoms with van der Waals surface area (Å²) in [5.74, 6) is -0.874. The highest BCUT2D eigenvalue weighted by Gasteiger charge is 2.19. The third-order valence-corrected chi connectivity index (χ3v) is 12.4. The molecule has 0 N–H and O–H groups in total. The lowest BCUT2D eigenvalue weighted by molar-refractivity contribution is -0.167. The molecule has 64 heavy (non-hydrogen) atoms. The molecule has 0 saturated carbocycles. The van der Waals surface area contributed by atoms with Gasteiger partial charge in [0.2, 0.25) is 0 Å². The first kappa shape index (κ1) is 61.6. The summed E-state index contributed by atoms with van der Waals surface area (Å²) >= 11 is 0. The van der Waals surface area contributed by atoms with Crippen LogP contribution in [0.2, 0.25) is 0 Å². The minimum Gasteiger partial charge on any atom is -0.462 e. The van der Waals surface area contributed by atoms with Crippen molar-refractivity contribution in [1.29, 1.82) is 0 Å². The van der Waals surface area contributed by atoms with Crippen LogP contribution in [0.15, 0.2) is 36.5 Å². The lowest BCUT2D eigenvalue weighted by Gasteiger charge is -2.18. The van der Waals surface area contributed by atoms with Crippen LogP contribution >= 0.6 is 0 Å². The molecule has 0 aliphatic rings. The van der Waals surface area contributed by atoms with Gasteiger partial charge in [0.05, 0.1) is 0 Å². The van der Waals surface area contributed by atoms with Crippen molar-refractivity contribution in [2.24, 2.45) is 0 Å². The maximum atomic E-state index is 12.8. The summed E-state index contributed by atoms with van der Waals surface area (Å²) in [7, 11) is 0. The lowest BCUT2D eigenvalue weighted by atomic mass is 10.0. The molecule has 0 aromatic rings. The molecule has 0 fully saturated rings. The van der Waals surface area contributed by atoms with Gasteiger partial charge in [0.25, 0.3) is 0 Å². The van der Waals surface area contributed by atoms with Gasteiger partial charge in [0.1, 0.15) is 13.2 Å². The van der Waals surface area contributed by atoms with Crippen molar-refractivity contribution in [2.75, 3.05) is 13.2 Å². The molecule has 0 aromatic carbocycles. The second-order valence-corrected chi connectivity index (χ2v) is 18.8. The molecule has 0 aliphatic heterocycles. The van der Waals surface area contributed by atoms with Crippen LogP contribution in [0.25, 0.3) is 0 Å². The van der Waals surface area contributed by atoms with Gasteiger partial charge in [-0.15, -0.1) is 0 Å². The number of carbonyl (C=O) groups excluding carboxylic acids is 3. The molecule has 0 spiro atoms. The SMILES string of the molecule is CC/C=C/C/C=C/C/C=C/CCCCCCCC(=O)O[C@H](COC(=O)CCCCCCCCCCCCCCCC)COC(=O)CCCCCCCCCCCCCCCCCCC. The van der Waals surface area contributed by atoms with Crippen LogP contribution < -0.4 is 0 Å². The van der Waals surface area contributed by atoms with Gasteiger partial charge in [-0.05, 0) is 51.4 Å². The van der Waals surface area contributed by atoms with Crippen LogP contribution in [0.3, 0.4) is 0 Å². The first-order valence-corrected chi connectivity index (χ1v) is 28.0. The number of carbonyl (C=O) groups is 3. The van der Waals surface area contributed by atoms with E-state index in [-0.39, 0.29) is 31.1 Å². The van der Waals surface area contributed by atoms with E-state index in [2.05, 4.69) is 57.2 Å². The smallest absolute Gasteiger partial charge is 0.306 e. The van der Waals surface area contributed by atoms with Crippen LogP contribution in [0.5, 0.6) is 0 Å². The van der Waals surface area contributed by atoms with E-state index < -0.39 is 6.10 Å². The average molecular weight is 899 g/mol. The Labute approximate surface area is 397 Å². The fourth-order valence-electron chi connectivity index (χ4n) is 8.22. The third kappa shape index (κ3) is 50.6. The molecule has 6 heteroatoms. The quantitative estimate of drug-likeness (QED) is 0.0262. The second-order valence-electron chi connectivity index (χ2n) is 18.8. The maximum Gasteiger partial charge on any atom is 0.306 e.